The Labute approximate surface area is 162 Å². The zero-order valence-corrected chi connectivity index (χ0v) is 15.8. The Morgan fingerprint density at radius 1 is 1.33 bits per heavy atom. The van der Waals surface area contributed by atoms with Gasteiger partial charge in [-0.1, -0.05) is 16.9 Å². The van der Waals surface area contributed by atoms with E-state index in [4.69, 9.17) is 9.47 Å². The van der Waals surface area contributed by atoms with Crippen molar-refractivity contribution >= 4 is 21.6 Å². The molecule has 2 aromatic heterocycles. The number of rotatable bonds is 8. The fourth-order valence-electron chi connectivity index (χ4n) is 2.62. The summed E-state index contributed by atoms with van der Waals surface area (Å²) < 4.78 is 12.4. The Morgan fingerprint density at radius 3 is 2.89 bits per heavy atom. The predicted molar refractivity (Wildman–Crippen MR) is 101 cm³/mol. The zero-order valence-electron chi connectivity index (χ0n) is 14.1. The molecular weight excluding hydrogens is 394 g/mol. The highest BCUT2D eigenvalue weighted by Gasteiger charge is 2.45. The third-order valence-corrected chi connectivity index (χ3v) is 6.11. The Bertz CT molecular complexity index is 846. The predicted octanol–water partition coefficient (Wildman–Crippen LogP) is 0.00790. The molecule has 146 valence electrons. The van der Waals surface area contributed by atoms with E-state index in [-0.39, 0.29) is 0 Å². The molecule has 0 spiro atoms. The first-order chi connectivity index (χ1) is 13.1. The van der Waals surface area contributed by atoms with Gasteiger partial charge >= 0.3 is 5.69 Å². The highest BCUT2D eigenvalue weighted by Crippen LogP contribution is 2.32. The highest BCUT2D eigenvalue weighted by molar-refractivity contribution is 8.76. The van der Waals surface area contributed by atoms with Gasteiger partial charge in [0.25, 0.3) is 5.56 Å². The molecule has 3 N–H and O–H groups in total. The molecule has 0 radical (unpaired) electrons. The van der Waals surface area contributed by atoms with Crippen molar-refractivity contribution in [3.63, 3.8) is 0 Å². The fraction of sp³-hybridized carbons (Fsp3) is 0.438. The first kappa shape index (κ1) is 20.1. The van der Waals surface area contributed by atoms with Crippen molar-refractivity contribution in [3.05, 3.63) is 57.5 Å². The Kier molecular flexibility index (Phi) is 7.10. The van der Waals surface area contributed by atoms with Crippen LogP contribution in [0.25, 0.3) is 0 Å². The van der Waals surface area contributed by atoms with Crippen molar-refractivity contribution in [1.82, 2.24) is 14.5 Å². The van der Waals surface area contributed by atoms with Crippen LogP contribution in [0.1, 0.15) is 6.23 Å². The van der Waals surface area contributed by atoms with E-state index in [1.54, 1.807) is 17.0 Å². The highest BCUT2D eigenvalue weighted by atomic mass is 33.1. The van der Waals surface area contributed by atoms with E-state index in [2.05, 4.69) is 9.97 Å². The van der Waals surface area contributed by atoms with Gasteiger partial charge in [-0.3, -0.25) is 14.3 Å². The second kappa shape index (κ2) is 9.53. The van der Waals surface area contributed by atoms with E-state index < -0.39 is 42.4 Å². The maximum Gasteiger partial charge on any atom is 0.330 e. The first-order valence-electron chi connectivity index (χ1n) is 8.18. The molecule has 11 heteroatoms. The Morgan fingerprint density at radius 2 is 2.19 bits per heavy atom. The maximum absolute atomic E-state index is 12.0. The van der Waals surface area contributed by atoms with Gasteiger partial charge in [-0.05, 0) is 22.9 Å². The molecule has 0 saturated carbocycles. The average Bonchev–Trinajstić information content (AvgIpc) is 2.98. The van der Waals surface area contributed by atoms with Crippen molar-refractivity contribution in [1.29, 1.82) is 0 Å². The number of ether oxygens (including phenoxy) is 2. The van der Waals surface area contributed by atoms with Crippen LogP contribution in [0.5, 0.6) is 0 Å². The maximum atomic E-state index is 12.0. The summed E-state index contributed by atoms with van der Waals surface area (Å²) in [5.74, 6) is 0.613. The monoisotopic (exact) mass is 413 g/mol. The standard InChI is InChI=1S/C16H19N3O6S2/c20-9-10-13(22)14(15(25-10)19-6-4-11(21)18-16(19)23)24-7-8-26-27-12-3-1-2-5-17-12/h1-6,10,13-15,20,22H,7-9H2,(H,18,21,23)/t10?,13-,14-,15+/m1/s1. The van der Waals surface area contributed by atoms with E-state index in [1.807, 2.05) is 18.2 Å². The molecule has 0 aromatic carbocycles. The average molecular weight is 413 g/mol. The molecule has 3 rings (SSSR count). The lowest BCUT2D eigenvalue weighted by Crippen LogP contribution is -2.39. The van der Waals surface area contributed by atoms with Crippen LogP contribution in [0.15, 0.2) is 51.3 Å². The molecular formula is C16H19N3O6S2. The van der Waals surface area contributed by atoms with E-state index >= 15 is 0 Å². The molecule has 9 nitrogen and oxygen atoms in total. The summed E-state index contributed by atoms with van der Waals surface area (Å²) in [6, 6.07) is 6.83. The Balaban J connectivity index is 1.60. The third kappa shape index (κ3) is 5.00. The van der Waals surface area contributed by atoms with Crippen LogP contribution >= 0.6 is 21.6 Å². The minimum atomic E-state index is -1.10. The molecule has 1 fully saturated rings. The third-order valence-electron chi connectivity index (χ3n) is 3.88. The van der Waals surface area contributed by atoms with Crippen LogP contribution in [0.2, 0.25) is 0 Å². The van der Waals surface area contributed by atoms with Crippen LogP contribution in [-0.2, 0) is 9.47 Å². The van der Waals surface area contributed by atoms with Crippen LogP contribution in [-0.4, -0.2) is 62.0 Å². The summed E-state index contributed by atoms with van der Waals surface area (Å²) in [5.41, 5.74) is -1.21. The van der Waals surface area contributed by atoms with Crippen LogP contribution < -0.4 is 11.2 Å². The largest absolute Gasteiger partial charge is 0.394 e. The lowest BCUT2D eigenvalue weighted by molar-refractivity contribution is -0.0711. The molecule has 27 heavy (non-hydrogen) atoms. The van der Waals surface area contributed by atoms with Gasteiger partial charge in [-0.15, -0.1) is 0 Å². The minimum Gasteiger partial charge on any atom is -0.394 e. The minimum absolute atomic E-state index is 0.294. The number of aliphatic hydroxyl groups is 2. The van der Waals surface area contributed by atoms with Crippen molar-refractivity contribution in [2.75, 3.05) is 19.0 Å². The number of aromatic nitrogens is 3. The SMILES string of the molecule is O=c1ccn([C@H]2OC(CO)[C@@H](O)[C@H]2OCCSSc2ccccn2)c(=O)[nH]1. The van der Waals surface area contributed by atoms with Gasteiger partial charge in [-0.2, -0.15) is 0 Å². The Hall–Kier alpha value is -1.63. The molecule has 1 unspecified atom stereocenters. The van der Waals surface area contributed by atoms with Crippen LogP contribution in [0, 0.1) is 0 Å². The molecule has 1 saturated heterocycles. The number of hydrogen-bond donors (Lipinski definition) is 3. The molecule has 3 heterocycles. The van der Waals surface area contributed by atoms with E-state index in [0.717, 1.165) is 9.59 Å². The van der Waals surface area contributed by atoms with E-state index in [0.29, 0.717) is 12.4 Å². The molecule has 1 aliphatic heterocycles. The zero-order chi connectivity index (χ0) is 19.2. The number of aromatic amines is 1. The molecule has 4 atom stereocenters. The van der Waals surface area contributed by atoms with Gasteiger partial charge in [0, 0.05) is 24.2 Å². The summed E-state index contributed by atoms with van der Waals surface area (Å²) in [5, 5.41) is 20.6. The normalized spacial score (nSPS) is 25.0. The van der Waals surface area contributed by atoms with Crippen molar-refractivity contribution in [2.24, 2.45) is 0 Å². The number of hydrogen-bond acceptors (Lipinski definition) is 9. The van der Waals surface area contributed by atoms with E-state index in [9.17, 15) is 19.8 Å². The van der Waals surface area contributed by atoms with Crippen molar-refractivity contribution < 1.29 is 19.7 Å². The van der Waals surface area contributed by atoms with Gasteiger partial charge in [0.2, 0.25) is 0 Å². The first-order valence-corrected chi connectivity index (χ1v) is 10.5. The van der Waals surface area contributed by atoms with Gasteiger partial charge in [0.15, 0.2) is 6.23 Å². The summed E-state index contributed by atoms with van der Waals surface area (Å²) in [4.78, 5) is 29.6. The summed E-state index contributed by atoms with van der Waals surface area (Å²) in [6.07, 6.45) is -0.796. The molecule has 2 aromatic rings. The number of aliphatic hydroxyl groups excluding tert-OH is 2. The fourth-order valence-corrected chi connectivity index (χ4v) is 4.34. The van der Waals surface area contributed by atoms with E-state index in [1.165, 1.54) is 23.1 Å². The molecule has 1 aliphatic rings. The molecule has 0 bridgehead atoms. The van der Waals surface area contributed by atoms with Gasteiger partial charge in [0.1, 0.15) is 23.3 Å². The van der Waals surface area contributed by atoms with Gasteiger partial charge < -0.3 is 19.7 Å². The quantitative estimate of drug-likeness (QED) is 0.405. The molecule has 0 aliphatic carbocycles. The van der Waals surface area contributed by atoms with Gasteiger partial charge in [0.05, 0.1) is 13.2 Å². The van der Waals surface area contributed by atoms with Gasteiger partial charge in [-0.25, -0.2) is 9.78 Å². The summed E-state index contributed by atoms with van der Waals surface area (Å²) in [7, 11) is 3.05. The van der Waals surface area contributed by atoms with Crippen LogP contribution in [0.3, 0.4) is 0 Å². The second-order valence-corrected chi connectivity index (χ2v) is 8.10. The number of nitrogens with zero attached hydrogens (tertiary/aromatic N) is 2. The molecule has 0 amide bonds. The number of H-pyrrole nitrogens is 1. The summed E-state index contributed by atoms with van der Waals surface area (Å²) in [6.45, 7) is -0.123. The summed E-state index contributed by atoms with van der Waals surface area (Å²) >= 11 is 0. The van der Waals surface area contributed by atoms with Crippen LogP contribution in [0.4, 0.5) is 0 Å². The number of nitrogens with one attached hydrogen (secondary N) is 1. The second-order valence-electron chi connectivity index (χ2n) is 5.66. The van der Waals surface area contributed by atoms with Crippen molar-refractivity contribution in [3.8, 4) is 0 Å². The number of pyridine rings is 1. The van der Waals surface area contributed by atoms with Crippen molar-refractivity contribution in [2.45, 2.75) is 29.6 Å². The lowest BCUT2D eigenvalue weighted by atomic mass is 10.1. The lowest BCUT2D eigenvalue weighted by Gasteiger charge is -2.22. The topological polar surface area (TPSA) is 127 Å². The smallest absolute Gasteiger partial charge is 0.330 e.